The molecule has 0 aliphatic carbocycles. The van der Waals surface area contributed by atoms with E-state index in [0.29, 0.717) is 6.61 Å². The van der Waals surface area contributed by atoms with Crippen molar-refractivity contribution >= 4 is 29.4 Å². The Kier molecular flexibility index (Phi) is 4.01. The number of carbonyl (C=O) groups excluding carboxylic acids is 2. The molecule has 4 aliphatic rings. The van der Waals surface area contributed by atoms with Gasteiger partial charge < -0.3 is 20.3 Å². The topological polar surface area (TPSA) is 83.6 Å². The van der Waals surface area contributed by atoms with Gasteiger partial charge in [0.15, 0.2) is 0 Å². The Morgan fingerprint density at radius 1 is 1.37 bits per heavy atom. The molecule has 0 radical (unpaired) electrons. The van der Waals surface area contributed by atoms with Crippen LogP contribution >= 0.6 is 11.3 Å². The van der Waals surface area contributed by atoms with E-state index in [9.17, 15) is 9.59 Å². The highest BCUT2D eigenvalue weighted by Gasteiger charge is 2.58. The summed E-state index contributed by atoms with van der Waals surface area (Å²) in [4.78, 5) is 31.5. The molecule has 1 spiro atoms. The number of carbonyl (C=O) groups is 2. The summed E-state index contributed by atoms with van der Waals surface area (Å²) in [5.74, 6) is 0.339. The molecule has 1 aromatic heterocycles. The number of rotatable bonds is 2. The van der Waals surface area contributed by atoms with Crippen molar-refractivity contribution in [2.24, 2.45) is 5.92 Å². The van der Waals surface area contributed by atoms with Crippen LogP contribution in [-0.4, -0.2) is 52.3 Å². The van der Waals surface area contributed by atoms with Gasteiger partial charge in [0.1, 0.15) is 6.23 Å². The smallest absolute Gasteiger partial charge is 0.317 e. The molecule has 2 bridgehead atoms. The van der Waals surface area contributed by atoms with Gasteiger partial charge in [-0.25, -0.2) is 9.78 Å². The van der Waals surface area contributed by atoms with Crippen molar-refractivity contribution in [1.82, 2.24) is 20.5 Å². The number of nitrogens with zero attached hydrogens (tertiary/aromatic N) is 2. The molecule has 5 heterocycles. The molecule has 4 fully saturated rings. The molecule has 5 rings (SSSR count). The van der Waals surface area contributed by atoms with Crippen LogP contribution < -0.4 is 10.6 Å². The first-order chi connectivity index (χ1) is 13.0. The summed E-state index contributed by atoms with van der Waals surface area (Å²) >= 11 is 1.58. The standard InChI is InChI=1S/C19H24N4O3S/c1-11-20-12(10-27-11)2-5-16(24)23-13-3-4-14(23)9-19(8-13)15-6-7-26-17(15)21-18(25)22-19/h2,5,10,13-15,17H,3-4,6-9H2,1H3,(H2,21,22,25)/b5-2+/t13-,14-,15+,17-/m0/s1. The number of piperidine rings is 1. The maximum absolute atomic E-state index is 12.9. The minimum atomic E-state index is -0.248. The van der Waals surface area contributed by atoms with E-state index >= 15 is 0 Å². The Morgan fingerprint density at radius 3 is 2.85 bits per heavy atom. The number of nitrogens with one attached hydrogen (secondary N) is 2. The molecule has 4 atom stereocenters. The lowest BCUT2D eigenvalue weighted by atomic mass is 9.71. The average Bonchev–Trinajstić information content (AvgIpc) is 3.32. The van der Waals surface area contributed by atoms with Crippen LogP contribution in [0.25, 0.3) is 6.08 Å². The summed E-state index contributed by atoms with van der Waals surface area (Å²) in [5.41, 5.74) is 0.588. The number of amides is 3. The molecule has 0 saturated carbocycles. The fraction of sp³-hybridized carbons (Fsp3) is 0.632. The molecule has 2 N–H and O–H groups in total. The second-order valence-corrected chi connectivity index (χ2v) is 9.17. The fourth-order valence-corrected chi connectivity index (χ4v) is 6.11. The van der Waals surface area contributed by atoms with E-state index in [4.69, 9.17) is 4.74 Å². The molecule has 1 aromatic rings. The van der Waals surface area contributed by atoms with Crippen LogP contribution in [-0.2, 0) is 9.53 Å². The lowest BCUT2D eigenvalue weighted by Gasteiger charge is -2.52. The van der Waals surface area contributed by atoms with Gasteiger partial charge in [0.2, 0.25) is 5.91 Å². The van der Waals surface area contributed by atoms with Crippen LogP contribution in [0.3, 0.4) is 0 Å². The molecule has 27 heavy (non-hydrogen) atoms. The van der Waals surface area contributed by atoms with Gasteiger partial charge in [-0.05, 0) is 45.1 Å². The van der Waals surface area contributed by atoms with Gasteiger partial charge in [-0.2, -0.15) is 0 Å². The van der Waals surface area contributed by atoms with E-state index in [2.05, 4.69) is 15.6 Å². The highest BCUT2D eigenvalue weighted by molar-refractivity contribution is 7.09. The van der Waals surface area contributed by atoms with Crippen LogP contribution in [0.4, 0.5) is 4.79 Å². The minimum Gasteiger partial charge on any atom is -0.358 e. The molecular weight excluding hydrogens is 364 g/mol. The van der Waals surface area contributed by atoms with Crippen LogP contribution in [0.5, 0.6) is 0 Å². The highest BCUT2D eigenvalue weighted by Crippen LogP contribution is 2.48. The van der Waals surface area contributed by atoms with Gasteiger partial charge in [0, 0.05) is 36.1 Å². The Bertz CT molecular complexity index is 793. The van der Waals surface area contributed by atoms with Gasteiger partial charge in [0.05, 0.1) is 16.2 Å². The van der Waals surface area contributed by atoms with Crippen molar-refractivity contribution in [3.8, 4) is 0 Å². The number of hydrogen-bond donors (Lipinski definition) is 2. The molecule has 3 amide bonds. The van der Waals surface area contributed by atoms with E-state index in [1.807, 2.05) is 23.3 Å². The molecule has 0 unspecified atom stereocenters. The zero-order valence-corrected chi connectivity index (χ0v) is 16.1. The lowest BCUT2D eigenvalue weighted by Crippen LogP contribution is -2.71. The normalized spacial score (nSPS) is 37.5. The van der Waals surface area contributed by atoms with E-state index in [1.54, 1.807) is 17.4 Å². The average molecular weight is 388 g/mol. The molecular formula is C19H24N4O3S. The second-order valence-electron chi connectivity index (χ2n) is 8.10. The summed E-state index contributed by atoms with van der Waals surface area (Å²) < 4.78 is 5.74. The summed E-state index contributed by atoms with van der Waals surface area (Å²) in [6, 6.07) is 0.214. The van der Waals surface area contributed by atoms with Gasteiger partial charge in [-0.3, -0.25) is 4.79 Å². The maximum atomic E-state index is 12.9. The Labute approximate surface area is 162 Å². The van der Waals surface area contributed by atoms with Crippen molar-refractivity contribution in [2.75, 3.05) is 6.61 Å². The first-order valence-electron chi connectivity index (χ1n) is 9.67. The van der Waals surface area contributed by atoms with E-state index in [-0.39, 0.29) is 41.7 Å². The van der Waals surface area contributed by atoms with Crippen molar-refractivity contribution in [3.63, 3.8) is 0 Å². The van der Waals surface area contributed by atoms with Gasteiger partial charge in [-0.1, -0.05) is 0 Å². The predicted octanol–water partition coefficient (Wildman–Crippen LogP) is 2.03. The molecule has 8 heteroatoms. The van der Waals surface area contributed by atoms with Gasteiger partial charge in [-0.15, -0.1) is 11.3 Å². The quantitative estimate of drug-likeness (QED) is 0.760. The van der Waals surface area contributed by atoms with Crippen molar-refractivity contribution in [3.05, 3.63) is 22.2 Å². The summed E-state index contributed by atoms with van der Waals surface area (Å²) in [5, 5.41) is 9.09. The molecule has 4 saturated heterocycles. The van der Waals surface area contributed by atoms with Crippen LogP contribution in [0.15, 0.2) is 11.5 Å². The fourth-order valence-electron chi connectivity index (χ4n) is 5.53. The number of hydrogen-bond acceptors (Lipinski definition) is 5. The lowest BCUT2D eigenvalue weighted by molar-refractivity contribution is -0.132. The summed E-state index contributed by atoms with van der Waals surface area (Å²) in [6.07, 6.45) is 7.87. The third-order valence-electron chi connectivity index (χ3n) is 6.54. The SMILES string of the molecule is Cc1nc(/C=C/C(=O)N2[C@H]3CC[C@H]2CC2(C3)NC(=O)N[C@H]3OCC[C@H]32)cs1. The van der Waals surface area contributed by atoms with E-state index in [0.717, 1.165) is 42.8 Å². The second kappa shape index (κ2) is 6.31. The van der Waals surface area contributed by atoms with Crippen molar-refractivity contribution in [2.45, 2.75) is 62.9 Å². The van der Waals surface area contributed by atoms with Gasteiger partial charge >= 0.3 is 6.03 Å². The Balaban J connectivity index is 1.35. The third-order valence-corrected chi connectivity index (χ3v) is 7.34. The largest absolute Gasteiger partial charge is 0.358 e. The Hall–Kier alpha value is -1.93. The molecule has 144 valence electrons. The third kappa shape index (κ3) is 2.86. The van der Waals surface area contributed by atoms with E-state index < -0.39 is 0 Å². The van der Waals surface area contributed by atoms with Crippen LogP contribution in [0, 0.1) is 12.8 Å². The summed E-state index contributed by atoms with van der Waals surface area (Å²) in [7, 11) is 0. The minimum absolute atomic E-state index is 0.0579. The summed E-state index contributed by atoms with van der Waals surface area (Å²) in [6.45, 7) is 2.65. The molecule has 0 aromatic carbocycles. The first kappa shape index (κ1) is 17.2. The predicted molar refractivity (Wildman–Crippen MR) is 101 cm³/mol. The Morgan fingerprint density at radius 2 is 2.15 bits per heavy atom. The number of aryl methyl sites for hydroxylation is 1. The maximum Gasteiger partial charge on any atom is 0.317 e. The monoisotopic (exact) mass is 388 g/mol. The molecule has 7 nitrogen and oxygen atoms in total. The zero-order chi connectivity index (χ0) is 18.6. The number of urea groups is 1. The highest BCUT2D eigenvalue weighted by atomic mass is 32.1. The number of thiazole rings is 1. The van der Waals surface area contributed by atoms with Gasteiger partial charge in [0.25, 0.3) is 0 Å². The molecule has 4 aliphatic heterocycles. The zero-order valence-electron chi connectivity index (χ0n) is 15.3. The van der Waals surface area contributed by atoms with Crippen molar-refractivity contribution in [1.29, 1.82) is 0 Å². The number of aromatic nitrogens is 1. The van der Waals surface area contributed by atoms with Crippen LogP contribution in [0.2, 0.25) is 0 Å². The van der Waals surface area contributed by atoms with Crippen LogP contribution in [0.1, 0.15) is 42.8 Å². The van der Waals surface area contributed by atoms with Crippen molar-refractivity contribution < 1.29 is 14.3 Å². The number of fused-ring (bicyclic) bond motifs is 4. The first-order valence-corrected chi connectivity index (χ1v) is 10.5. The van der Waals surface area contributed by atoms with E-state index in [1.165, 1.54) is 0 Å². The number of ether oxygens (including phenoxy) is 1.